The van der Waals surface area contributed by atoms with Crippen LogP contribution >= 0.6 is 0 Å². The first kappa shape index (κ1) is 18.1. The van der Waals surface area contributed by atoms with E-state index in [1.807, 2.05) is 0 Å². The molecule has 130 valence electrons. The minimum atomic E-state index is -4.54. The van der Waals surface area contributed by atoms with Crippen molar-refractivity contribution in [1.82, 2.24) is 0 Å². The quantitative estimate of drug-likeness (QED) is 0.870. The highest BCUT2D eigenvalue weighted by Gasteiger charge is 2.30. The highest BCUT2D eigenvalue weighted by Crippen LogP contribution is 2.31. The van der Waals surface area contributed by atoms with Gasteiger partial charge < -0.3 is 4.74 Å². The summed E-state index contributed by atoms with van der Waals surface area (Å²) < 4.78 is 70.3. The van der Waals surface area contributed by atoms with Crippen LogP contribution in [0.3, 0.4) is 0 Å². The first-order valence-corrected chi connectivity index (χ1v) is 8.55. The van der Waals surface area contributed by atoms with E-state index in [0.29, 0.717) is 17.9 Å². The van der Waals surface area contributed by atoms with Gasteiger partial charge >= 0.3 is 6.18 Å². The molecule has 0 spiro atoms. The summed E-state index contributed by atoms with van der Waals surface area (Å²) in [6, 6.07) is 8.28. The third-order valence-electron chi connectivity index (χ3n) is 3.20. The third-order valence-corrected chi connectivity index (χ3v) is 4.58. The maximum absolute atomic E-state index is 12.7. The summed E-state index contributed by atoms with van der Waals surface area (Å²) in [6.07, 6.45) is -4.54. The van der Waals surface area contributed by atoms with Gasteiger partial charge in [-0.25, -0.2) is 8.42 Å². The second kappa shape index (κ2) is 6.72. The molecule has 0 aliphatic heterocycles. The fourth-order valence-electron chi connectivity index (χ4n) is 2.08. The molecule has 0 aromatic heterocycles. The molecule has 0 atom stereocenters. The molecule has 0 unspecified atom stereocenters. The normalized spacial score (nSPS) is 12.0. The average molecular weight is 359 g/mol. The van der Waals surface area contributed by atoms with Crippen molar-refractivity contribution in [2.24, 2.45) is 0 Å². The van der Waals surface area contributed by atoms with Gasteiger partial charge in [0.1, 0.15) is 5.75 Å². The lowest BCUT2D eigenvalue weighted by atomic mass is 10.2. The molecule has 1 N–H and O–H groups in total. The van der Waals surface area contributed by atoms with E-state index in [9.17, 15) is 21.6 Å². The summed E-state index contributed by atoms with van der Waals surface area (Å²) in [7, 11) is -4.00. The molecule has 2 aromatic carbocycles. The summed E-state index contributed by atoms with van der Waals surface area (Å²) in [5.74, 6) is 0.551. The van der Waals surface area contributed by atoms with Gasteiger partial charge in [0.15, 0.2) is 0 Å². The Hall–Kier alpha value is -2.22. The monoisotopic (exact) mass is 359 g/mol. The SMILES string of the molecule is CCOc1ccc(S(=O)(=O)Nc2cccc(C(F)(F)F)c2)cc1C. The molecule has 4 nitrogen and oxygen atoms in total. The van der Waals surface area contributed by atoms with Crippen molar-refractivity contribution in [2.75, 3.05) is 11.3 Å². The topological polar surface area (TPSA) is 55.4 Å². The van der Waals surface area contributed by atoms with Crippen LogP contribution in [0.15, 0.2) is 47.4 Å². The number of halogens is 3. The lowest BCUT2D eigenvalue weighted by Crippen LogP contribution is -2.14. The van der Waals surface area contributed by atoms with Gasteiger partial charge in [-0.1, -0.05) is 6.07 Å². The number of anilines is 1. The fraction of sp³-hybridized carbons (Fsp3) is 0.250. The van der Waals surface area contributed by atoms with E-state index in [4.69, 9.17) is 4.74 Å². The molecule has 0 fully saturated rings. The molecule has 2 aromatic rings. The van der Waals surface area contributed by atoms with Gasteiger partial charge in [-0.05, 0) is 55.8 Å². The number of ether oxygens (including phenoxy) is 1. The zero-order valence-electron chi connectivity index (χ0n) is 13.0. The number of benzene rings is 2. The Bertz CT molecular complexity index is 833. The first-order chi connectivity index (χ1) is 11.1. The van der Waals surface area contributed by atoms with E-state index in [2.05, 4.69) is 4.72 Å². The lowest BCUT2D eigenvalue weighted by molar-refractivity contribution is -0.137. The van der Waals surface area contributed by atoms with Crippen molar-refractivity contribution in [3.05, 3.63) is 53.6 Å². The smallest absolute Gasteiger partial charge is 0.416 e. The van der Waals surface area contributed by atoms with Gasteiger partial charge in [0.05, 0.1) is 17.1 Å². The largest absolute Gasteiger partial charge is 0.494 e. The van der Waals surface area contributed by atoms with Gasteiger partial charge in [0.2, 0.25) is 0 Å². The summed E-state index contributed by atoms with van der Waals surface area (Å²) in [5, 5.41) is 0. The van der Waals surface area contributed by atoms with Crippen molar-refractivity contribution in [1.29, 1.82) is 0 Å². The van der Waals surface area contributed by atoms with Crippen LogP contribution in [0.25, 0.3) is 0 Å². The lowest BCUT2D eigenvalue weighted by Gasteiger charge is -2.13. The zero-order chi connectivity index (χ0) is 18.0. The predicted molar refractivity (Wildman–Crippen MR) is 84.6 cm³/mol. The molecule has 8 heteroatoms. The Labute approximate surface area is 138 Å². The van der Waals surface area contributed by atoms with E-state index in [1.165, 1.54) is 24.3 Å². The number of nitrogens with one attached hydrogen (secondary N) is 1. The Morgan fingerprint density at radius 2 is 1.83 bits per heavy atom. The van der Waals surface area contributed by atoms with Crippen LogP contribution in [0.5, 0.6) is 5.75 Å². The van der Waals surface area contributed by atoms with Crippen molar-refractivity contribution in [3.8, 4) is 5.75 Å². The van der Waals surface area contributed by atoms with Crippen LogP contribution in [0.1, 0.15) is 18.1 Å². The van der Waals surface area contributed by atoms with E-state index in [1.54, 1.807) is 13.8 Å². The van der Waals surface area contributed by atoms with E-state index in [0.717, 1.165) is 18.2 Å². The maximum atomic E-state index is 12.7. The Morgan fingerprint density at radius 1 is 1.12 bits per heavy atom. The van der Waals surface area contributed by atoms with Crippen LogP contribution in [0.2, 0.25) is 0 Å². The van der Waals surface area contributed by atoms with Gasteiger partial charge in [0.25, 0.3) is 10.0 Å². The molecule has 0 aliphatic rings. The van der Waals surface area contributed by atoms with Gasteiger partial charge in [-0.3, -0.25) is 4.72 Å². The second-order valence-electron chi connectivity index (χ2n) is 5.04. The molecule has 0 saturated carbocycles. The molecule has 0 heterocycles. The highest BCUT2D eigenvalue weighted by atomic mass is 32.2. The van der Waals surface area contributed by atoms with Crippen LogP contribution in [-0.2, 0) is 16.2 Å². The van der Waals surface area contributed by atoms with Crippen molar-refractivity contribution >= 4 is 15.7 Å². The van der Waals surface area contributed by atoms with Crippen LogP contribution in [0.4, 0.5) is 18.9 Å². The zero-order valence-corrected chi connectivity index (χ0v) is 13.8. The molecule has 24 heavy (non-hydrogen) atoms. The fourth-order valence-corrected chi connectivity index (χ4v) is 3.21. The predicted octanol–water partition coefficient (Wildman–Crippen LogP) is 4.21. The van der Waals surface area contributed by atoms with Crippen LogP contribution < -0.4 is 9.46 Å². The molecular formula is C16H16F3NO3S. The number of rotatable bonds is 5. The number of sulfonamides is 1. The molecule has 0 saturated heterocycles. The summed E-state index contributed by atoms with van der Waals surface area (Å²) >= 11 is 0. The summed E-state index contributed by atoms with van der Waals surface area (Å²) in [4.78, 5) is -0.0548. The van der Waals surface area contributed by atoms with Crippen LogP contribution in [-0.4, -0.2) is 15.0 Å². The Kier molecular flexibility index (Phi) is 5.08. The van der Waals surface area contributed by atoms with Gasteiger partial charge in [-0.15, -0.1) is 0 Å². The summed E-state index contributed by atoms with van der Waals surface area (Å²) in [6.45, 7) is 3.93. The number of hydrogen-bond acceptors (Lipinski definition) is 3. The standard InChI is InChI=1S/C16H16F3NO3S/c1-3-23-15-8-7-14(9-11(15)2)24(21,22)20-13-6-4-5-12(10-13)16(17,18)19/h4-10,20H,3H2,1-2H3. The van der Waals surface area contributed by atoms with Gasteiger partial charge in [-0.2, -0.15) is 13.2 Å². The third kappa shape index (κ3) is 4.19. The summed E-state index contributed by atoms with van der Waals surface area (Å²) in [5.41, 5.74) is -0.467. The molecule has 0 radical (unpaired) electrons. The average Bonchev–Trinajstić information content (AvgIpc) is 2.48. The minimum absolute atomic E-state index is 0.0548. The molecular weight excluding hydrogens is 343 g/mol. The van der Waals surface area contributed by atoms with Crippen LogP contribution in [0, 0.1) is 6.92 Å². The van der Waals surface area contributed by atoms with Crippen molar-refractivity contribution in [3.63, 3.8) is 0 Å². The van der Waals surface area contributed by atoms with E-state index >= 15 is 0 Å². The molecule has 0 bridgehead atoms. The number of aryl methyl sites for hydroxylation is 1. The van der Waals surface area contributed by atoms with Crippen molar-refractivity contribution < 1.29 is 26.3 Å². The van der Waals surface area contributed by atoms with Gasteiger partial charge in [0, 0.05) is 5.69 Å². The second-order valence-corrected chi connectivity index (χ2v) is 6.73. The Balaban J connectivity index is 2.30. The number of alkyl halides is 3. The Morgan fingerprint density at radius 3 is 2.42 bits per heavy atom. The van der Waals surface area contributed by atoms with E-state index in [-0.39, 0.29) is 10.6 Å². The maximum Gasteiger partial charge on any atom is 0.416 e. The molecule has 2 rings (SSSR count). The van der Waals surface area contributed by atoms with E-state index < -0.39 is 21.8 Å². The molecule has 0 aliphatic carbocycles. The van der Waals surface area contributed by atoms with Crippen molar-refractivity contribution in [2.45, 2.75) is 24.9 Å². The number of hydrogen-bond donors (Lipinski definition) is 1. The minimum Gasteiger partial charge on any atom is -0.494 e. The molecule has 0 amide bonds. The first-order valence-electron chi connectivity index (χ1n) is 7.07. The highest BCUT2D eigenvalue weighted by molar-refractivity contribution is 7.92.